The maximum absolute atomic E-state index is 12.5. The number of carboxylic acid groups (broad SMARTS) is 1. The van der Waals surface area contributed by atoms with Crippen LogP contribution in [-0.4, -0.2) is 120 Å². The minimum Gasteiger partial charge on any atom is -0.790 e. The van der Waals surface area contributed by atoms with Crippen molar-refractivity contribution < 1.29 is 95.5 Å². The summed E-state index contributed by atoms with van der Waals surface area (Å²) < 4.78 is 60.3. The number of amides is 2. The van der Waals surface area contributed by atoms with E-state index in [1.807, 2.05) is 0 Å². The van der Waals surface area contributed by atoms with Crippen molar-refractivity contribution in [1.82, 2.24) is 30.2 Å². The van der Waals surface area contributed by atoms with Crippen LogP contribution in [0.2, 0.25) is 0 Å². The lowest BCUT2D eigenvalue weighted by atomic mass is 9.87. The molecule has 0 aromatic carbocycles. The van der Waals surface area contributed by atoms with Crippen LogP contribution in [0, 0.1) is 5.41 Å². The number of hydrogen-bond acceptors (Lipinski definition) is 25. The molecule has 2 aromatic rings. The van der Waals surface area contributed by atoms with E-state index in [4.69, 9.17) is 10.5 Å². The van der Waals surface area contributed by atoms with Gasteiger partial charge in [0.05, 0.1) is 33.5 Å². The lowest BCUT2D eigenvalue weighted by molar-refractivity contribution is -0.347. The topological polar surface area (TPSA) is 435 Å². The summed E-state index contributed by atoms with van der Waals surface area (Å²) in [6.07, 6.45) is -9.85. The Morgan fingerprint density at radius 1 is 1.03 bits per heavy atom. The van der Waals surface area contributed by atoms with Gasteiger partial charge >= 0.3 is 0 Å². The zero-order valence-electron chi connectivity index (χ0n) is 30.4. The molecule has 0 saturated carbocycles. The van der Waals surface area contributed by atoms with E-state index in [-0.39, 0.29) is 55.1 Å². The van der Waals surface area contributed by atoms with Crippen LogP contribution < -0.4 is 41.0 Å². The van der Waals surface area contributed by atoms with Crippen LogP contribution in [-0.2, 0) is 55.5 Å². The number of nitrogens with zero attached hydrogens (tertiary/aromatic N) is 4. The summed E-state index contributed by atoms with van der Waals surface area (Å²) in [7, 11) is -17.7. The Balaban J connectivity index is 1.45. The highest BCUT2D eigenvalue weighted by molar-refractivity contribution is 8.13. The number of imidazole rings is 1. The number of fused-ring (bicyclic) bond motifs is 1. The molecule has 31 heteroatoms. The standard InChI is InChI=1S/C27H44N7O20P3S/c1-27(2,22(41)25(42)30-6-5-16(36)29-7-8-58-18(39)9-14(35)3-4-17(37)38)11-51-57(48,49)54-56(46,47)50-10-15-21(53-55(43,44)45)20(40)26(52-15)34-13-33-19-23(28)31-12-32-24(19)34/h12-15,20-22,26,35,40-41H,3-11H2,1-2H3,(H,29,36)(H,30,42)(H,37,38)(H,46,47)(H,48,49)(H2,28,31,32)(H2,43,44,45)/p-5/t14-,15+,20+,21+,22-,26+/m0/s1. The molecule has 3 heterocycles. The summed E-state index contributed by atoms with van der Waals surface area (Å²) in [5.41, 5.74) is 3.98. The number of aliphatic hydroxyl groups excluding tert-OH is 3. The molecule has 1 saturated heterocycles. The van der Waals surface area contributed by atoms with Gasteiger partial charge < -0.3 is 84.0 Å². The molecule has 1 aliphatic heterocycles. The molecule has 7 N–H and O–H groups in total. The fourth-order valence-corrected chi connectivity index (χ4v) is 8.39. The van der Waals surface area contributed by atoms with Gasteiger partial charge in [-0.3, -0.25) is 28.1 Å². The van der Waals surface area contributed by atoms with E-state index in [1.165, 1.54) is 0 Å². The first-order valence-corrected chi connectivity index (χ1v) is 22.0. The maximum atomic E-state index is 12.5. The Bertz CT molecular complexity index is 1920. The number of nitrogen functional groups attached to an aromatic ring is 1. The molecule has 8 atom stereocenters. The second kappa shape index (κ2) is 21.0. The van der Waals surface area contributed by atoms with E-state index in [0.29, 0.717) is 0 Å². The molecule has 1 aliphatic rings. The van der Waals surface area contributed by atoms with Gasteiger partial charge in [-0.1, -0.05) is 25.6 Å². The number of carbonyl (C=O) groups is 4. The molecule has 58 heavy (non-hydrogen) atoms. The van der Waals surface area contributed by atoms with Crippen molar-refractivity contribution in [3.63, 3.8) is 0 Å². The summed E-state index contributed by atoms with van der Waals surface area (Å²) in [6, 6.07) is 0. The zero-order chi connectivity index (χ0) is 43.6. The molecule has 2 unspecified atom stereocenters. The van der Waals surface area contributed by atoms with Crippen molar-refractivity contribution in [2.45, 2.75) is 76.3 Å². The summed E-state index contributed by atoms with van der Waals surface area (Å²) in [6.45, 7) is -0.284. The van der Waals surface area contributed by atoms with Crippen molar-refractivity contribution in [2.24, 2.45) is 5.41 Å². The molecule has 0 radical (unpaired) electrons. The summed E-state index contributed by atoms with van der Waals surface area (Å²) in [4.78, 5) is 106. The number of anilines is 1. The van der Waals surface area contributed by atoms with Crippen LogP contribution in [0.15, 0.2) is 12.7 Å². The number of carbonyl (C=O) groups excluding carboxylic acids is 4. The van der Waals surface area contributed by atoms with Crippen LogP contribution >= 0.6 is 35.2 Å². The number of thioether (sulfide) groups is 1. The molecule has 0 spiro atoms. The van der Waals surface area contributed by atoms with Gasteiger partial charge in [-0.2, -0.15) is 0 Å². The third-order valence-electron chi connectivity index (χ3n) is 7.82. The van der Waals surface area contributed by atoms with Gasteiger partial charge in [0.2, 0.25) is 11.8 Å². The molecule has 3 rings (SSSR count). The predicted octanol–water partition coefficient (Wildman–Crippen LogP) is -5.58. The maximum Gasteiger partial charge on any atom is 0.274 e. The van der Waals surface area contributed by atoms with Crippen LogP contribution in [0.1, 0.15) is 45.8 Å². The molecule has 2 amide bonds. The minimum atomic E-state index is -5.94. The van der Waals surface area contributed by atoms with Crippen molar-refractivity contribution in [2.75, 3.05) is 37.8 Å². The zero-order valence-corrected chi connectivity index (χ0v) is 33.9. The number of hydrogen-bond donors (Lipinski definition) is 6. The highest BCUT2D eigenvalue weighted by Crippen LogP contribution is 2.56. The molecular weight excluding hydrogens is 867 g/mol. The number of rotatable bonds is 24. The number of ether oxygens (including phenoxy) is 1. The van der Waals surface area contributed by atoms with Gasteiger partial charge in [-0.05, 0) is 12.8 Å². The van der Waals surface area contributed by atoms with E-state index in [9.17, 15) is 72.9 Å². The molecule has 2 aromatic heterocycles. The SMILES string of the molecule is CC(C)(COP(=O)([O-])OP(=O)([O-])OC[C@H]1O[C@@H](n2cnc3c(N)ncnc32)[C@H](O)[C@@H]1OP(=O)([O-])[O-])[C@@H](O)C(=O)NCCC(=O)NCCSC(=O)C[C@@H](O)CCC(=O)[O-]. The smallest absolute Gasteiger partial charge is 0.274 e. The summed E-state index contributed by atoms with van der Waals surface area (Å²) in [5, 5.41) is 45.6. The van der Waals surface area contributed by atoms with Crippen LogP contribution in [0.3, 0.4) is 0 Å². The van der Waals surface area contributed by atoms with Gasteiger partial charge in [0.15, 0.2) is 22.8 Å². The summed E-state index contributed by atoms with van der Waals surface area (Å²) >= 11 is 0.798. The normalized spacial score (nSPS) is 21.8. The lowest BCUT2D eigenvalue weighted by Crippen LogP contribution is -2.46. The predicted molar refractivity (Wildman–Crippen MR) is 183 cm³/mol. The molecular formula is C27H39N7O20P3S-5. The van der Waals surface area contributed by atoms with E-state index in [2.05, 4.69) is 43.5 Å². The van der Waals surface area contributed by atoms with E-state index >= 15 is 0 Å². The van der Waals surface area contributed by atoms with Gasteiger partial charge in [-0.25, -0.2) is 19.3 Å². The third kappa shape index (κ3) is 15.5. The van der Waals surface area contributed by atoms with E-state index in [1.54, 1.807) is 0 Å². The second-order valence-electron chi connectivity index (χ2n) is 13.0. The number of nitrogens with one attached hydrogen (secondary N) is 2. The molecule has 0 bridgehead atoms. The Morgan fingerprint density at radius 2 is 1.71 bits per heavy atom. The third-order valence-corrected chi connectivity index (χ3v) is 11.7. The van der Waals surface area contributed by atoms with Gasteiger partial charge in [0.25, 0.3) is 15.6 Å². The molecule has 328 valence electrons. The quantitative estimate of drug-likeness (QED) is 0.0422. The van der Waals surface area contributed by atoms with Crippen molar-refractivity contribution >= 4 is 75.1 Å². The number of phosphoric ester groups is 3. The largest absolute Gasteiger partial charge is 0.790 e. The number of nitrogens with two attached hydrogens (primary N) is 1. The fourth-order valence-electron chi connectivity index (χ4n) is 4.91. The first-order valence-electron chi connectivity index (χ1n) is 16.7. The average Bonchev–Trinajstić information content (AvgIpc) is 3.67. The molecule has 1 fully saturated rings. The highest BCUT2D eigenvalue weighted by Gasteiger charge is 2.47. The number of aromatic nitrogens is 4. The number of phosphoric acid groups is 3. The monoisotopic (exact) mass is 906 g/mol. The highest BCUT2D eigenvalue weighted by atomic mass is 32.2. The fraction of sp³-hybridized carbons (Fsp3) is 0.667. The van der Waals surface area contributed by atoms with Gasteiger partial charge in [-0.15, -0.1) is 0 Å². The summed E-state index contributed by atoms with van der Waals surface area (Å²) in [5.74, 6) is -2.96. The lowest BCUT2D eigenvalue weighted by Gasteiger charge is -2.36. The first-order chi connectivity index (χ1) is 26.8. The van der Waals surface area contributed by atoms with Crippen LogP contribution in [0.4, 0.5) is 5.82 Å². The Labute approximate surface area is 332 Å². The van der Waals surface area contributed by atoms with Crippen molar-refractivity contribution in [3.05, 3.63) is 12.7 Å². The number of aliphatic hydroxyl groups is 3. The van der Waals surface area contributed by atoms with Crippen LogP contribution in [0.5, 0.6) is 0 Å². The van der Waals surface area contributed by atoms with Gasteiger partial charge in [0, 0.05) is 43.1 Å². The van der Waals surface area contributed by atoms with E-state index in [0.717, 1.165) is 42.8 Å². The van der Waals surface area contributed by atoms with Crippen molar-refractivity contribution in [1.29, 1.82) is 0 Å². The van der Waals surface area contributed by atoms with Crippen molar-refractivity contribution in [3.8, 4) is 0 Å². The van der Waals surface area contributed by atoms with Gasteiger partial charge in [0.1, 0.15) is 36.3 Å². The second-order valence-corrected chi connectivity index (χ2v) is 18.2. The van der Waals surface area contributed by atoms with Crippen LogP contribution in [0.25, 0.3) is 11.2 Å². The number of aliphatic carboxylic acids is 1. The van der Waals surface area contributed by atoms with E-state index < -0.39 is 108 Å². The Morgan fingerprint density at radius 3 is 2.36 bits per heavy atom. The molecule has 0 aliphatic carbocycles. The number of carboxylic acids is 1. The molecule has 27 nitrogen and oxygen atoms in total. The minimum absolute atomic E-state index is 0.0270. The Kier molecular flexibility index (Phi) is 17.9. The Hall–Kier alpha value is -3.01. The average molecular weight is 907 g/mol. The first kappa shape index (κ1) is 49.4.